The van der Waals surface area contributed by atoms with Gasteiger partial charge in [0.15, 0.2) is 0 Å². The summed E-state index contributed by atoms with van der Waals surface area (Å²) in [6.07, 6.45) is 1.05. The van der Waals surface area contributed by atoms with E-state index in [4.69, 9.17) is 0 Å². The van der Waals surface area contributed by atoms with Crippen molar-refractivity contribution in [3.05, 3.63) is 65.7 Å². The van der Waals surface area contributed by atoms with Gasteiger partial charge in [-0.15, -0.1) is 0 Å². The van der Waals surface area contributed by atoms with Gasteiger partial charge in [0.25, 0.3) is 5.91 Å². The van der Waals surface area contributed by atoms with Crippen LogP contribution in [0.3, 0.4) is 0 Å². The number of carbonyl (C=O) groups is 1. The minimum atomic E-state index is -0.108. The Kier molecular flexibility index (Phi) is 6.04. The monoisotopic (exact) mass is 339 g/mol. The zero-order valence-electron chi connectivity index (χ0n) is 14.3. The maximum Gasteiger partial charge on any atom is 0.251 e. The number of nitrogens with zero attached hydrogens (tertiary/aromatic N) is 1. The van der Waals surface area contributed by atoms with Gasteiger partial charge in [-0.3, -0.25) is 4.79 Å². The summed E-state index contributed by atoms with van der Waals surface area (Å²) in [4.78, 5) is 14.6. The van der Waals surface area contributed by atoms with Crippen molar-refractivity contribution >= 4 is 5.91 Å². The topological polar surface area (TPSA) is 64.6 Å². The molecule has 132 valence electrons. The van der Waals surface area contributed by atoms with Crippen LogP contribution in [-0.4, -0.2) is 54.7 Å². The number of benzene rings is 2. The van der Waals surface area contributed by atoms with Crippen molar-refractivity contribution in [1.82, 2.24) is 15.5 Å². The van der Waals surface area contributed by atoms with E-state index in [0.29, 0.717) is 12.1 Å². The third-order valence-corrected chi connectivity index (χ3v) is 4.54. The average molecular weight is 339 g/mol. The van der Waals surface area contributed by atoms with Crippen LogP contribution in [-0.2, 0) is 6.42 Å². The van der Waals surface area contributed by atoms with E-state index in [1.807, 2.05) is 6.07 Å². The highest BCUT2D eigenvalue weighted by molar-refractivity contribution is 5.94. The summed E-state index contributed by atoms with van der Waals surface area (Å²) in [5, 5.41) is 15.7. The molecule has 0 spiro atoms. The van der Waals surface area contributed by atoms with Crippen molar-refractivity contribution in [1.29, 1.82) is 0 Å². The van der Waals surface area contributed by atoms with Crippen LogP contribution in [0.5, 0.6) is 5.75 Å². The number of piperazine rings is 1. The first-order valence-electron chi connectivity index (χ1n) is 8.77. The molecule has 1 aliphatic heterocycles. The average Bonchev–Trinajstić information content (AvgIpc) is 2.66. The molecular weight excluding hydrogens is 314 g/mol. The molecule has 3 N–H and O–H groups in total. The molecule has 2 aromatic carbocycles. The lowest BCUT2D eigenvalue weighted by molar-refractivity contribution is 0.0942. The largest absolute Gasteiger partial charge is 0.508 e. The quantitative estimate of drug-likeness (QED) is 0.749. The molecule has 25 heavy (non-hydrogen) atoms. The van der Waals surface area contributed by atoms with Gasteiger partial charge in [0.2, 0.25) is 0 Å². The Labute approximate surface area is 148 Å². The lowest BCUT2D eigenvalue weighted by Crippen LogP contribution is -2.55. The van der Waals surface area contributed by atoms with Crippen molar-refractivity contribution in [3.8, 4) is 5.75 Å². The lowest BCUT2D eigenvalue weighted by Gasteiger charge is -2.33. The highest BCUT2D eigenvalue weighted by Gasteiger charge is 2.19. The van der Waals surface area contributed by atoms with E-state index < -0.39 is 0 Å². The lowest BCUT2D eigenvalue weighted by atomic mass is 10.1. The van der Waals surface area contributed by atoms with Gasteiger partial charge in [-0.2, -0.15) is 0 Å². The molecule has 5 heteroatoms. The Morgan fingerprint density at radius 2 is 1.92 bits per heavy atom. The zero-order chi connectivity index (χ0) is 17.5. The minimum Gasteiger partial charge on any atom is -0.508 e. The number of phenols is 1. The van der Waals surface area contributed by atoms with Gasteiger partial charge in [-0.25, -0.2) is 0 Å². The molecule has 1 fully saturated rings. The predicted octanol–water partition coefficient (Wildman–Crippen LogP) is 1.64. The third-order valence-electron chi connectivity index (χ3n) is 4.54. The van der Waals surface area contributed by atoms with Crippen molar-refractivity contribution in [2.24, 2.45) is 0 Å². The molecule has 0 aliphatic carbocycles. The molecular formula is C20H25N3O2. The summed E-state index contributed by atoms with van der Waals surface area (Å²) in [7, 11) is 0. The van der Waals surface area contributed by atoms with Crippen molar-refractivity contribution in [2.75, 3.05) is 32.7 Å². The fourth-order valence-corrected chi connectivity index (χ4v) is 3.10. The molecule has 0 saturated carbocycles. The summed E-state index contributed by atoms with van der Waals surface area (Å²) in [5.74, 6) is 0.0581. The number of carbonyl (C=O) groups excluding carboxylic acids is 1. The van der Waals surface area contributed by atoms with E-state index in [1.165, 1.54) is 17.7 Å². The molecule has 1 heterocycles. The van der Waals surface area contributed by atoms with Gasteiger partial charge in [-0.1, -0.05) is 30.3 Å². The normalized spacial score (nSPS) is 18.0. The fourth-order valence-electron chi connectivity index (χ4n) is 3.10. The maximum absolute atomic E-state index is 12.2. The number of rotatable bonds is 6. The standard InChI is InChI=1S/C20H25N3O2/c24-19-8-6-17(7-9-19)20(25)22-14-18-15-23(13-11-21-18)12-10-16-4-2-1-3-5-16/h1-9,18,21,24H,10-15H2,(H,22,25). The smallest absolute Gasteiger partial charge is 0.251 e. The zero-order valence-corrected chi connectivity index (χ0v) is 14.3. The highest BCUT2D eigenvalue weighted by Crippen LogP contribution is 2.09. The van der Waals surface area contributed by atoms with Crippen molar-refractivity contribution in [2.45, 2.75) is 12.5 Å². The molecule has 3 rings (SSSR count). The molecule has 1 saturated heterocycles. The van der Waals surface area contributed by atoms with Crippen LogP contribution in [0, 0.1) is 0 Å². The van der Waals surface area contributed by atoms with Crippen LogP contribution in [0.2, 0.25) is 0 Å². The van der Waals surface area contributed by atoms with Gasteiger partial charge in [0, 0.05) is 44.3 Å². The first kappa shape index (κ1) is 17.5. The summed E-state index contributed by atoms with van der Waals surface area (Å²) >= 11 is 0. The van der Waals surface area contributed by atoms with Crippen LogP contribution in [0.4, 0.5) is 0 Å². The van der Waals surface area contributed by atoms with Gasteiger partial charge in [-0.05, 0) is 36.2 Å². The Morgan fingerprint density at radius 1 is 1.16 bits per heavy atom. The van der Waals surface area contributed by atoms with E-state index in [2.05, 4.69) is 39.8 Å². The molecule has 5 nitrogen and oxygen atoms in total. The molecule has 0 bridgehead atoms. The second-order valence-corrected chi connectivity index (χ2v) is 6.44. The molecule has 1 amide bonds. The van der Waals surface area contributed by atoms with Gasteiger partial charge >= 0.3 is 0 Å². The first-order chi connectivity index (χ1) is 12.2. The van der Waals surface area contributed by atoms with Crippen LogP contribution in [0.1, 0.15) is 15.9 Å². The van der Waals surface area contributed by atoms with Gasteiger partial charge < -0.3 is 20.6 Å². The molecule has 0 aromatic heterocycles. The van der Waals surface area contributed by atoms with E-state index in [1.54, 1.807) is 12.1 Å². The number of amides is 1. The Morgan fingerprint density at radius 3 is 2.68 bits per heavy atom. The van der Waals surface area contributed by atoms with Crippen molar-refractivity contribution in [3.63, 3.8) is 0 Å². The second kappa shape index (κ2) is 8.65. The number of hydrogen-bond acceptors (Lipinski definition) is 4. The van der Waals surface area contributed by atoms with Gasteiger partial charge in [0.05, 0.1) is 0 Å². The van der Waals surface area contributed by atoms with Crippen LogP contribution >= 0.6 is 0 Å². The minimum absolute atomic E-state index is 0.108. The summed E-state index contributed by atoms with van der Waals surface area (Å²) in [5.41, 5.74) is 1.92. The van der Waals surface area contributed by atoms with Crippen LogP contribution in [0.25, 0.3) is 0 Å². The Balaban J connectivity index is 1.43. The van der Waals surface area contributed by atoms with E-state index >= 15 is 0 Å². The van der Waals surface area contributed by atoms with Crippen molar-refractivity contribution < 1.29 is 9.90 Å². The van der Waals surface area contributed by atoms with Gasteiger partial charge in [0.1, 0.15) is 5.75 Å². The molecule has 1 atom stereocenters. The van der Waals surface area contributed by atoms with E-state index in [-0.39, 0.29) is 17.7 Å². The molecule has 1 aliphatic rings. The number of phenolic OH excluding ortho intramolecular Hbond substituents is 1. The summed E-state index contributed by atoms with van der Waals surface area (Å²) < 4.78 is 0. The third kappa shape index (κ3) is 5.31. The highest BCUT2D eigenvalue weighted by atomic mass is 16.3. The first-order valence-corrected chi connectivity index (χ1v) is 8.77. The Hall–Kier alpha value is -2.37. The molecule has 2 aromatic rings. The Bertz CT molecular complexity index is 673. The molecule has 0 radical (unpaired) electrons. The summed E-state index contributed by atoms with van der Waals surface area (Å²) in [6, 6.07) is 17.1. The summed E-state index contributed by atoms with van der Waals surface area (Å²) in [6.45, 7) is 4.54. The van der Waals surface area contributed by atoms with Crippen LogP contribution in [0.15, 0.2) is 54.6 Å². The molecule has 1 unspecified atom stereocenters. The van der Waals surface area contributed by atoms with E-state index in [0.717, 1.165) is 32.6 Å². The second-order valence-electron chi connectivity index (χ2n) is 6.44. The van der Waals surface area contributed by atoms with Crippen LogP contribution < -0.4 is 10.6 Å². The van der Waals surface area contributed by atoms with E-state index in [9.17, 15) is 9.90 Å². The maximum atomic E-state index is 12.2. The predicted molar refractivity (Wildman–Crippen MR) is 98.8 cm³/mol. The number of hydrogen-bond donors (Lipinski definition) is 3. The SMILES string of the molecule is O=C(NCC1CN(CCc2ccccc2)CCN1)c1ccc(O)cc1. The fraction of sp³-hybridized carbons (Fsp3) is 0.350. The number of aromatic hydroxyl groups is 1. The number of nitrogens with one attached hydrogen (secondary N) is 2.